The van der Waals surface area contributed by atoms with Crippen LogP contribution in [-0.4, -0.2) is 34.0 Å². The molecule has 0 heterocycles. The van der Waals surface area contributed by atoms with Crippen LogP contribution in [0.5, 0.6) is 0 Å². The Morgan fingerprint density at radius 3 is 2.13 bits per heavy atom. The van der Waals surface area contributed by atoms with Gasteiger partial charge in [0.2, 0.25) is 10.0 Å². The van der Waals surface area contributed by atoms with Crippen LogP contribution in [-0.2, 0) is 23.0 Å². The van der Waals surface area contributed by atoms with E-state index in [0.29, 0.717) is 17.4 Å². The molecule has 1 N–H and O–H groups in total. The molecular formula is C26H34N2O2S. The van der Waals surface area contributed by atoms with Gasteiger partial charge in [0.05, 0.1) is 4.90 Å². The van der Waals surface area contributed by atoms with E-state index in [-0.39, 0.29) is 0 Å². The highest BCUT2D eigenvalue weighted by molar-refractivity contribution is 7.89. The average Bonchev–Trinajstić information content (AvgIpc) is 2.89. The molecule has 0 bridgehead atoms. The lowest BCUT2D eigenvalue weighted by Gasteiger charge is -2.09. The minimum Gasteiger partial charge on any atom is -0.305 e. The molecule has 166 valence electrons. The molecule has 0 spiro atoms. The summed E-state index contributed by atoms with van der Waals surface area (Å²) in [5.41, 5.74) is 6.68. The van der Waals surface area contributed by atoms with Crippen LogP contribution in [0.4, 0.5) is 0 Å². The maximum Gasteiger partial charge on any atom is 0.240 e. The zero-order chi connectivity index (χ0) is 22.4. The molecule has 0 aromatic heterocycles. The molecule has 0 unspecified atom stereocenters. The van der Waals surface area contributed by atoms with E-state index in [4.69, 9.17) is 0 Å². The van der Waals surface area contributed by atoms with Gasteiger partial charge >= 0.3 is 0 Å². The van der Waals surface area contributed by atoms with Crippen molar-refractivity contribution in [2.75, 3.05) is 20.6 Å². The highest BCUT2D eigenvalue weighted by Gasteiger charge is 2.16. The number of fused-ring (bicyclic) bond motifs is 1. The van der Waals surface area contributed by atoms with Gasteiger partial charge in [-0.3, -0.25) is 0 Å². The smallest absolute Gasteiger partial charge is 0.240 e. The Kier molecular flexibility index (Phi) is 7.87. The molecule has 31 heavy (non-hydrogen) atoms. The number of hydrogen-bond donors (Lipinski definition) is 1. The number of nitrogens with one attached hydrogen (secondary N) is 1. The first-order valence-electron chi connectivity index (χ1n) is 11.0. The normalized spacial score (nSPS) is 12.2. The number of hydrogen-bond acceptors (Lipinski definition) is 3. The maximum atomic E-state index is 12.4. The Morgan fingerprint density at radius 2 is 1.52 bits per heavy atom. The summed E-state index contributed by atoms with van der Waals surface area (Å²) < 4.78 is 27.4. The van der Waals surface area contributed by atoms with E-state index in [0.717, 1.165) is 25.8 Å². The van der Waals surface area contributed by atoms with Crippen LogP contribution in [0, 0.1) is 0 Å². The van der Waals surface area contributed by atoms with Crippen LogP contribution < -0.4 is 4.72 Å². The zero-order valence-electron chi connectivity index (χ0n) is 19.1. The van der Waals surface area contributed by atoms with Crippen molar-refractivity contribution in [2.24, 2.45) is 0 Å². The van der Waals surface area contributed by atoms with Gasteiger partial charge in [0.25, 0.3) is 0 Å². The molecular weight excluding hydrogens is 404 g/mol. The fraction of sp³-hybridized carbons (Fsp3) is 0.385. The van der Waals surface area contributed by atoms with E-state index in [1.54, 1.807) is 24.3 Å². The highest BCUT2D eigenvalue weighted by atomic mass is 32.2. The average molecular weight is 439 g/mol. The van der Waals surface area contributed by atoms with Gasteiger partial charge in [0.1, 0.15) is 0 Å². The van der Waals surface area contributed by atoms with Crippen LogP contribution >= 0.6 is 0 Å². The van der Waals surface area contributed by atoms with Gasteiger partial charge in [-0.15, -0.1) is 0 Å². The largest absolute Gasteiger partial charge is 0.305 e. The zero-order valence-corrected chi connectivity index (χ0v) is 19.9. The standard InChI is InChI=1S/C26H34N2O2S/c1-20(2)21-13-15-25-22(18-23(19-28(3)4)26(25)16-14-21)10-8-9-17-27-31(29,30)24-11-6-5-7-12-24/h5-7,11-16,18,20,27H,8-10,17,19H2,1-4H3. The topological polar surface area (TPSA) is 49.4 Å². The van der Waals surface area contributed by atoms with Gasteiger partial charge in [-0.1, -0.05) is 62.4 Å². The van der Waals surface area contributed by atoms with Crippen LogP contribution in [0.15, 0.2) is 65.6 Å². The molecule has 0 saturated heterocycles. The van der Waals surface area contributed by atoms with Crippen molar-refractivity contribution in [1.29, 1.82) is 0 Å². The summed E-state index contributed by atoms with van der Waals surface area (Å²) in [6.45, 7) is 5.80. The van der Waals surface area contributed by atoms with Crippen LogP contribution in [0.1, 0.15) is 49.3 Å². The molecule has 4 nitrogen and oxygen atoms in total. The van der Waals surface area contributed by atoms with E-state index in [1.165, 1.54) is 27.8 Å². The van der Waals surface area contributed by atoms with Gasteiger partial charge in [-0.2, -0.15) is 0 Å². The van der Waals surface area contributed by atoms with Gasteiger partial charge in [0.15, 0.2) is 0 Å². The number of sulfonamides is 1. The summed E-state index contributed by atoms with van der Waals surface area (Å²) in [5.74, 6) is 0.495. The monoisotopic (exact) mass is 438 g/mol. The molecule has 3 rings (SSSR count). The molecule has 1 aromatic rings. The van der Waals surface area contributed by atoms with Gasteiger partial charge in [-0.05, 0) is 79.2 Å². The number of unbranched alkanes of at least 4 members (excludes halogenated alkanes) is 1. The third-order valence-corrected chi connectivity index (χ3v) is 7.06. The summed E-state index contributed by atoms with van der Waals surface area (Å²) in [6, 6.07) is 19.9. The first-order chi connectivity index (χ1) is 14.8. The predicted molar refractivity (Wildman–Crippen MR) is 129 cm³/mol. The van der Waals surface area contributed by atoms with Crippen molar-refractivity contribution in [1.82, 2.24) is 9.62 Å². The molecule has 2 aliphatic carbocycles. The summed E-state index contributed by atoms with van der Waals surface area (Å²) in [6.07, 6.45) is 2.68. The van der Waals surface area contributed by atoms with Crippen molar-refractivity contribution in [2.45, 2.75) is 50.5 Å². The summed E-state index contributed by atoms with van der Waals surface area (Å²) in [4.78, 5) is 2.52. The van der Waals surface area contributed by atoms with Crippen LogP contribution in [0.2, 0.25) is 0 Å². The summed E-state index contributed by atoms with van der Waals surface area (Å²) in [7, 11) is 0.767. The van der Waals surface area contributed by atoms with Crippen molar-refractivity contribution in [3.63, 3.8) is 0 Å². The molecule has 5 heteroatoms. The Hall–Kier alpha value is -2.21. The van der Waals surface area contributed by atoms with E-state index < -0.39 is 10.0 Å². The number of rotatable bonds is 10. The summed E-state index contributed by atoms with van der Waals surface area (Å²) in [5, 5.41) is 0. The first-order valence-corrected chi connectivity index (χ1v) is 12.5. The van der Waals surface area contributed by atoms with Crippen molar-refractivity contribution in [3.8, 4) is 11.1 Å². The molecule has 0 atom stereocenters. The third-order valence-electron chi connectivity index (χ3n) is 5.59. The molecule has 1 aromatic carbocycles. The van der Waals surface area contributed by atoms with Gasteiger partial charge < -0.3 is 4.90 Å². The van der Waals surface area contributed by atoms with Crippen LogP contribution in [0.3, 0.4) is 0 Å². The molecule has 0 saturated carbocycles. The second kappa shape index (κ2) is 10.4. The fourth-order valence-corrected chi connectivity index (χ4v) is 5.01. The molecule has 0 radical (unpaired) electrons. The SMILES string of the molecule is CC(C)c1ccc2c(CCCCNS(=O)(=O)c3ccccc3)cc(CN(C)C)c-2cc1. The maximum absolute atomic E-state index is 12.4. The fourth-order valence-electron chi connectivity index (χ4n) is 3.91. The number of nitrogens with zero attached hydrogens (tertiary/aromatic N) is 1. The Balaban J connectivity index is 1.67. The lowest BCUT2D eigenvalue weighted by molar-refractivity contribution is 0.403. The Morgan fingerprint density at radius 1 is 0.871 bits per heavy atom. The second-order valence-electron chi connectivity index (χ2n) is 8.75. The van der Waals surface area contributed by atoms with Crippen molar-refractivity contribution < 1.29 is 8.42 Å². The molecule has 0 amide bonds. The van der Waals surface area contributed by atoms with Gasteiger partial charge in [0, 0.05) is 13.1 Å². The lowest BCUT2D eigenvalue weighted by Crippen LogP contribution is -2.24. The van der Waals surface area contributed by atoms with Gasteiger partial charge in [-0.25, -0.2) is 13.1 Å². The molecule has 2 aliphatic rings. The van der Waals surface area contributed by atoms with E-state index in [9.17, 15) is 8.42 Å². The third kappa shape index (κ3) is 6.16. The predicted octanol–water partition coefficient (Wildman–Crippen LogP) is 5.28. The first kappa shape index (κ1) is 23.5. The minimum atomic E-state index is -3.43. The quantitative estimate of drug-likeness (QED) is 0.438. The Bertz CT molecular complexity index is 1060. The van der Waals surface area contributed by atoms with E-state index in [1.807, 2.05) is 6.07 Å². The van der Waals surface area contributed by atoms with E-state index in [2.05, 4.69) is 67.9 Å². The number of aryl methyl sites for hydroxylation is 1. The number of benzene rings is 1. The van der Waals surface area contributed by atoms with Crippen LogP contribution in [0.25, 0.3) is 11.1 Å². The van der Waals surface area contributed by atoms with Crippen molar-refractivity contribution in [3.05, 3.63) is 77.4 Å². The molecule has 0 fully saturated rings. The van der Waals surface area contributed by atoms with Crippen molar-refractivity contribution >= 4 is 10.0 Å². The van der Waals surface area contributed by atoms with E-state index >= 15 is 0 Å². The lowest BCUT2D eigenvalue weighted by atomic mass is 10.0. The minimum absolute atomic E-state index is 0.318. The summed E-state index contributed by atoms with van der Waals surface area (Å²) >= 11 is 0. The second-order valence-corrected chi connectivity index (χ2v) is 10.5. The molecule has 0 aliphatic heterocycles. The highest BCUT2D eigenvalue weighted by Crippen LogP contribution is 2.34. The Labute approximate surface area is 187 Å².